The van der Waals surface area contributed by atoms with Gasteiger partial charge in [0.2, 0.25) is 0 Å². The first kappa shape index (κ1) is 16.4. The van der Waals surface area contributed by atoms with E-state index in [1.54, 1.807) is 0 Å². The number of hydrogen-bond donors (Lipinski definition) is 1. The van der Waals surface area contributed by atoms with Crippen molar-refractivity contribution in [3.05, 3.63) is 0 Å². The Bertz CT molecular complexity index is 274. The van der Waals surface area contributed by atoms with Crippen LogP contribution in [0.5, 0.6) is 0 Å². The van der Waals surface area contributed by atoms with E-state index in [0.29, 0.717) is 6.04 Å². The van der Waals surface area contributed by atoms with E-state index in [0.717, 1.165) is 19.6 Å². The summed E-state index contributed by atoms with van der Waals surface area (Å²) in [5.74, 6) is -0.163. The van der Waals surface area contributed by atoms with Crippen molar-refractivity contribution in [2.75, 3.05) is 40.8 Å². The Morgan fingerprint density at radius 2 is 1.95 bits per heavy atom. The van der Waals surface area contributed by atoms with Gasteiger partial charge in [0, 0.05) is 18.6 Å². The maximum Gasteiger partial charge on any atom is 0.324 e. The number of carbonyl (C=O) groups excluding carboxylic acids is 1. The van der Waals surface area contributed by atoms with Crippen LogP contribution in [0.15, 0.2) is 0 Å². The van der Waals surface area contributed by atoms with E-state index in [-0.39, 0.29) is 18.1 Å². The highest BCUT2D eigenvalue weighted by Crippen LogP contribution is 2.14. The minimum absolute atomic E-state index is 0.163. The molecule has 1 heterocycles. The Balaban J connectivity index is 2.45. The first-order chi connectivity index (χ1) is 8.93. The molecule has 1 fully saturated rings. The first-order valence-electron chi connectivity index (χ1n) is 7.16. The number of carbonyl (C=O) groups is 1. The summed E-state index contributed by atoms with van der Waals surface area (Å²) in [6.45, 7) is 6.94. The van der Waals surface area contributed by atoms with Crippen LogP contribution in [0, 0.1) is 0 Å². The van der Waals surface area contributed by atoms with Crippen molar-refractivity contribution in [2.45, 2.75) is 44.8 Å². The highest BCUT2D eigenvalue weighted by Gasteiger charge is 2.26. The summed E-state index contributed by atoms with van der Waals surface area (Å²) in [6.07, 6.45) is 2.34. The van der Waals surface area contributed by atoms with Crippen molar-refractivity contribution >= 4 is 5.97 Å². The maximum absolute atomic E-state index is 11.8. The third-order valence-corrected chi connectivity index (χ3v) is 3.75. The Morgan fingerprint density at radius 3 is 2.37 bits per heavy atom. The van der Waals surface area contributed by atoms with Gasteiger partial charge in [-0.1, -0.05) is 13.8 Å². The summed E-state index contributed by atoms with van der Waals surface area (Å²) in [6, 6.07) is 0.732. The van der Waals surface area contributed by atoms with Crippen molar-refractivity contribution < 1.29 is 9.53 Å². The lowest BCUT2D eigenvalue weighted by Gasteiger charge is -2.36. The third-order valence-electron chi connectivity index (χ3n) is 3.75. The fraction of sp³-hybridized carbons (Fsp3) is 0.929. The molecular formula is C14H29N3O2. The van der Waals surface area contributed by atoms with Gasteiger partial charge in [0.1, 0.15) is 6.04 Å². The molecule has 1 aliphatic heterocycles. The van der Waals surface area contributed by atoms with Gasteiger partial charge in [0.15, 0.2) is 0 Å². The number of nitrogens with zero attached hydrogens (tertiary/aromatic N) is 2. The highest BCUT2D eigenvalue weighted by molar-refractivity contribution is 5.76. The van der Waals surface area contributed by atoms with E-state index < -0.39 is 0 Å². The highest BCUT2D eigenvalue weighted by atomic mass is 16.5. The van der Waals surface area contributed by atoms with E-state index in [4.69, 9.17) is 4.74 Å². The Hall–Kier alpha value is -0.650. The summed E-state index contributed by atoms with van der Waals surface area (Å²) < 4.78 is 4.88. The average Bonchev–Trinajstić information content (AvgIpc) is 2.37. The van der Waals surface area contributed by atoms with Crippen LogP contribution in [0.1, 0.15) is 26.7 Å². The largest absolute Gasteiger partial charge is 0.468 e. The SMILES string of the molecule is COC(=O)C(CN1CCC(N(C)C)CC1)NC(C)C. The Kier molecular flexibility index (Phi) is 6.75. The fourth-order valence-corrected chi connectivity index (χ4v) is 2.62. The van der Waals surface area contributed by atoms with Crippen LogP contribution < -0.4 is 5.32 Å². The quantitative estimate of drug-likeness (QED) is 0.715. The van der Waals surface area contributed by atoms with Crippen molar-refractivity contribution in [2.24, 2.45) is 0 Å². The smallest absolute Gasteiger partial charge is 0.324 e. The Morgan fingerprint density at radius 1 is 1.37 bits per heavy atom. The number of piperidine rings is 1. The summed E-state index contributed by atoms with van der Waals surface area (Å²) in [7, 11) is 5.73. The first-order valence-corrected chi connectivity index (χ1v) is 7.16. The van der Waals surface area contributed by atoms with E-state index >= 15 is 0 Å². The van der Waals surface area contributed by atoms with Gasteiger partial charge in [-0.25, -0.2) is 0 Å². The number of hydrogen-bond acceptors (Lipinski definition) is 5. The molecule has 1 atom stereocenters. The summed E-state index contributed by atoms with van der Waals surface area (Å²) in [5, 5.41) is 3.29. The second-order valence-corrected chi connectivity index (χ2v) is 5.89. The third kappa shape index (κ3) is 5.47. The zero-order valence-corrected chi connectivity index (χ0v) is 13.0. The molecule has 0 aromatic carbocycles. The van der Waals surface area contributed by atoms with E-state index in [2.05, 4.69) is 29.2 Å². The van der Waals surface area contributed by atoms with Gasteiger partial charge in [-0.05, 0) is 40.0 Å². The fourth-order valence-electron chi connectivity index (χ4n) is 2.62. The molecule has 0 aliphatic carbocycles. The number of methoxy groups -OCH3 is 1. The standard InChI is InChI=1S/C14H29N3O2/c1-11(2)15-13(14(18)19-5)10-17-8-6-12(7-9-17)16(3)4/h11-13,15H,6-10H2,1-5H3. The van der Waals surface area contributed by atoms with Crippen molar-refractivity contribution in [3.8, 4) is 0 Å². The van der Waals surface area contributed by atoms with E-state index in [1.165, 1.54) is 20.0 Å². The lowest BCUT2D eigenvalue weighted by molar-refractivity contribution is -0.144. The monoisotopic (exact) mass is 271 g/mol. The molecule has 0 amide bonds. The number of rotatable bonds is 6. The van der Waals surface area contributed by atoms with Gasteiger partial charge >= 0.3 is 5.97 Å². The predicted molar refractivity (Wildman–Crippen MR) is 77.2 cm³/mol. The second-order valence-electron chi connectivity index (χ2n) is 5.89. The van der Waals surface area contributed by atoms with Gasteiger partial charge in [-0.15, -0.1) is 0 Å². The number of ether oxygens (including phenoxy) is 1. The molecule has 0 saturated carbocycles. The number of esters is 1. The number of likely N-dealkylation sites (tertiary alicyclic amines) is 1. The van der Waals surface area contributed by atoms with E-state index in [1.807, 2.05) is 13.8 Å². The summed E-state index contributed by atoms with van der Waals surface area (Å²) in [4.78, 5) is 16.4. The molecule has 1 rings (SSSR count). The van der Waals surface area contributed by atoms with Crippen LogP contribution >= 0.6 is 0 Å². The predicted octanol–water partition coefficient (Wildman–Crippen LogP) is 0.552. The molecule has 1 saturated heterocycles. The zero-order valence-electron chi connectivity index (χ0n) is 13.0. The van der Waals surface area contributed by atoms with Gasteiger partial charge in [0.05, 0.1) is 7.11 Å². The maximum atomic E-state index is 11.8. The second kappa shape index (κ2) is 7.82. The number of nitrogens with one attached hydrogen (secondary N) is 1. The van der Waals surface area contributed by atoms with Crippen LogP contribution in [0.3, 0.4) is 0 Å². The van der Waals surface area contributed by atoms with Crippen LogP contribution in [-0.2, 0) is 9.53 Å². The molecule has 0 aromatic heterocycles. The normalized spacial score (nSPS) is 19.9. The molecule has 1 unspecified atom stereocenters. The van der Waals surface area contributed by atoms with Crippen molar-refractivity contribution in [1.29, 1.82) is 0 Å². The van der Waals surface area contributed by atoms with Crippen LogP contribution in [-0.4, -0.2) is 74.7 Å². The minimum Gasteiger partial charge on any atom is -0.468 e. The lowest BCUT2D eigenvalue weighted by Crippen LogP contribution is -2.52. The Labute approximate surface area is 117 Å². The summed E-state index contributed by atoms with van der Waals surface area (Å²) in [5.41, 5.74) is 0. The molecule has 19 heavy (non-hydrogen) atoms. The molecule has 5 nitrogen and oxygen atoms in total. The van der Waals surface area contributed by atoms with Crippen LogP contribution in [0.2, 0.25) is 0 Å². The minimum atomic E-state index is -0.221. The molecular weight excluding hydrogens is 242 g/mol. The van der Waals surface area contributed by atoms with Crippen LogP contribution in [0.4, 0.5) is 0 Å². The molecule has 0 aromatic rings. The topological polar surface area (TPSA) is 44.8 Å². The van der Waals surface area contributed by atoms with Gasteiger partial charge in [-0.2, -0.15) is 0 Å². The lowest BCUT2D eigenvalue weighted by atomic mass is 10.0. The van der Waals surface area contributed by atoms with E-state index in [9.17, 15) is 4.79 Å². The molecule has 0 bridgehead atoms. The molecule has 1 aliphatic rings. The van der Waals surface area contributed by atoms with Gasteiger partial charge < -0.3 is 19.9 Å². The zero-order chi connectivity index (χ0) is 14.4. The van der Waals surface area contributed by atoms with Gasteiger partial charge in [-0.3, -0.25) is 4.79 Å². The molecule has 1 N–H and O–H groups in total. The molecule has 112 valence electrons. The van der Waals surface area contributed by atoms with Crippen molar-refractivity contribution in [1.82, 2.24) is 15.1 Å². The molecule has 0 spiro atoms. The molecule has 0 radical (unpaired) electrons. The van der Waals surface area contributed by atoms with Crippen molar-refractivity contribution in [3.63, 3.8) is 0 Å². The van der Waals surface area contributed by atoms with Crippen LogP contribution in [0.25, 0.3) is 0 Å². The van der Waals surface area contributed by atoms with Gasteiger partial charge in [0.25, 0.3) is 0 Å². The summed E-state index contributed by atoms with van der Waals surface area (Å²) >= 11 is 0. The average molecular weight is 271 g/mol. The molecule has 5 heteroatoms.